The van der Waals surface area contributed by atoms with Gasteiger partial charge in [0.15, 0.2) is 0 Å². The first-order valence-electron chi connectivity index (χ1n) is 6.41. The largest absolute Gasteiger partial charge is 0.376 e. The number of morpholine rings is 1. The summed E-state index contributed by atoms with van der Waals surface area (Å²) < 4.78 is 6.94. The third kappa shape index (κ3) is 3.79. The summed E-state index contributed by atoms with van der Waals surface area (Å²) in [7, 11) is 4.25. The van der Waals surface area contributed by atoms with Gasteiger partial charge in [-0.25, -0.2) is 0 Å². The molecule has 1 aliphatic heterocycles. The summed E-state index contributed by atoms with van der Waals surface area (Å²) >= 11 is 3.54. The fourth-order valence-corrected chi connectivity index (χ4v) is 2.80. The quantitative estimate of drug-likeness (QED) is 0.924. The molecule has 1 fully saturated rings. The van der Waals surface area contributed by atoms with Crippen molar-refractivity contribution in [3.63, 3.8) is 0 Å². The van der Waals surface area contributed by atoms with Crippen molar-refractivity contribution in [2.24, 2.45) is 0 Å². The van der Waals surface area contributed by atoms with Crippen LogP contribution in [-0.2, 0) is 4.74 Å². The molecule has 2 atom stereocenters. The first kappa shape index (κ1) is 14.0. The third-order valence-corrected chi connectivity index (χ3v) is 3.84. The topological polar surface area (TPSA) is 24.5 Å². The van der Waals surface area contributed by atoms with Gasteiger partial charge in [0.25, 0.3) is 0 Å². The Morgan fingerprint density at radius 2 is 2.33 bits per heavy atom. The molecule has 3 nitrogen and oxygen atoms in total. The summed E-state index contributed by atoms with van der Waals surface area (Å²) in [5.74, 6) is 0. The van der Waals surface area contributed by atoms with Gasteiger partial charge in [-0.2, -0.15) is 0 Å². The molecule has 1 heterocycles. The smallest absolute Gasteiger partial charge is 0.0718 e. The number of nitrogens with zero attached hydrogens (tertiary/aromatic N) is 1. The molecule has 4 heteroatoms. The average Bonchev–Trinajstić information content (AvgIpc) is 2.37. The standard InChI is InChI=1S/C14H21BrN2O/c1-17(2)14(9-13-10-16-6-7-18-13)11-4-3-5-12(15)8-11/h3-5,8,13-14,16H,6-7,9-10H2,1-2H3. The Bertz CT molecular complexity index is 378. The predicted molar refractivity (Wildman–Crippen MR) is 77.8 cm³/mol. The minimum atomic E-state index is 0.310. The van der Waals surface area contributed by atoms with E-state index >= 15 is 0 Å². The van der Waals surface area contributed by atoms with Crippen molar-refractivity contribution in [3.05, 3.63) is 34.3 Å². The number of hydrogen-bond acceptors (Lipinski definition) is 3. The Balaban J connectivity index is 2.07. The highest BCUT2D eigenvalue weighted by atomic mass is 79.9. The van der Waals surface area contributed by atoms with Gasteiger partial charge in [-0.05, 0) is 38.2 Å². The number of ether oxygens (including phenoxy) is 1. The van der Waals surface area contributed by atoms with Gasteiger partial charge in [0.2, 0.25) is 0 Å². The second-order valence-electron chi connectivity index (χ2n) is 4.97. The normalized spacial score (nSPS) is 22.1. The maximum Gasteiger partial charge on any atom is 0.0718 e. The van der Waals surface area contributed by atoms with Gasteiger partial charge >= 0.3 is 0 Å². The Morgan fingerprint density at radius 1 is 1.50 bits per heavy atom. The summed E-state index contributed by atoms with van der Waals surface area (Å²) in [5.41, 5.74) is 1.34. The Morgan fingerprint density at radius 3 is 2.94 bits per heavy atom. The Labute approximate surface area is 118 Å². The monoisotopic (exact) mass is 312 g/mol. The van der Waals surface area contributed by atoms with E-state index in [2.05, 4.69) is 64.5 Å². The molecule has 1 saturated heterocycles. The molecule has 0 radical (unpaired) electrons. The van der Waals surface area contributed by atoms with Crippen molar-refractivity contribution in [2.45, 2.75) is 18.6 Å². The molecule has 0 bridgehead atoms. The zero-order valence-electron chi connectivity index (χ0n) is 11.0. The number of benzene rings is 1. The fourth-order valence-electron chi connectivity index (χ4n) is 2.38. The van der Waals surface area contributed by atoms with Gasteiger partial charge in [0.1, 0.15) is 0 Å². The van der Waals surface area contributed by atoms with Crippen molar-refractivity contribution in [1.82, 2.24) is 10.2 Å². The molecular weight excluding hydrogens is 292 g/mol. The van der Waals surface area contributed by atoms with E-state index in [-0.39, 0.29) is 0 Å². The van der Waals surface area contributed by atoms with Crippen molar-refractivity contribution < 1.29 is 4.74 Å². The minimum Gasteiger partial charge on any atom is -0.376 e. The summed E-state index contributed by atoms with van der Waals surface area (Å²) in [6, 6.07) is 8.93. The van der Waals surface area contributed by atoms with Crippen LogP contribution in [0.15, 0.2) is 28.7 Å². The highest BCUT2D eigenvalue weighted by Crippen LogP contribution is 2.27. The molecule has 1 aromatic carbocycles. The molecule has 2 unspecified atom stereocenters. The van der Waals surface area contributed by atoms with Crippen molar-refractivity contribution >= 4 is 15.9 Å². The van der Waals surface area contributed by atoms with Gasteiger partial charge in [-0.15, -0.1) is 0 Å². The van der Waals surface area contributed by atoms with Crippen LogP contribution in [0.4, 0.5) is 0 Å². The molecule has 0 saturated carbocycles. The Kier molecular flexibility index (Phi) is 5.18. The lowest BCUT2D eigenvalue weighted by molar-refractivity contribution is 0.00894. The highest BCUT2D eigenvalue weighted by molar-refractivity contribution is 9.10. The van der Waals surface area contributed by atoms with Crippen LogP contribution in [0.2, 0.25) is 0 Å². The van der Waals surface area contributed by atoms with Crippen LogP contribution in [0.3, 0.4) is 0 Å². The van der Waals surface area contributed by atoms with Crippen molar-refractivity contribution in [1.29, 1.82) is 0 Å². The van der Waals surface area contributed by atoms with Crippen LogP contribution >= 0.6 is 15.9 Å². The molecular formula is C14H21BrN2O. The van der Waals surface area contributed by atoms with E-state index in [4.69, 9.17) is 4.74 Å². The predicted octanol–water partition coefficient (Wildman–Crippen LogP) is 2.43. The van der Waals surface area contributed by atoms with Crippen LogP contribution in [-0.4, -0.2) is 44.8 Å². The van der Waals surface area contributed by atoms with E-state index in [0.717, 1.165) is 30.6 Å². The lowest BCUT2D eigenvalue weighted by Crippen LogP contribution is -2.40. The van der Waals surface area contributed by atoms with E-state index in [1.165, 1.54) is 5.56 Å². The summed E-state index contributed by atoms with van der Waals surface area (Å²) in [4.78, 5) is 2.26. The summed E-state index contributed by atoms with van der Waals surface area (Å²) in [6.45, 7) is 2.75. The van der Waals surface area contributed by atoms with Crippen LogP contribution in [0.25, 0.3) is 0 Å². The van der Waals surface area contributed by atoms with E-state index in [1.807, 2.05) is 0 Å². The van der Waals surface area contributed by atoms with Crippen LogP contribution < -0.4 is 5.32 Å². The second-order valence-corrected chi connectivity index (χ2v) is 5.88. The number of nitrogens with one attached hydrogen (secondary N) is 1. The minimum absolute atomic E-state index is 0.310. The van der Waals surface area contributed by atoms with Gasteiger partial charge in [0, 0.05) is 23.6 Å². The average molecular weight is 313 g/mol. The highest BCUT2D eigenvalue weighted by Gasteiger charge is 2.22. The number of halogens is 1. The van der Waals surface area contributed by atoms with Gasteiger partial charge in [0.05, 0.1) is 12.7 Å². The summed E-state index contributed by atoms with van der Waals surface area (Å²) in [6.07, 6.45) is 1.33. The molecule has 18 heavy (non-hydrogen) atoms. The van der Waals surface area contributed by atoms with E-state index in [9.17, 15) is 0 Å². The van der Waals surface area contributed by atoms with Crippen molar-refractivity contribution in [2.75, 3.05) is 33.8 Å². The molecule has 0 aliphatic carbocycles. The van der Waals surface area contributed by atoms with Gasteiger partial charge < -0.3 is 15.0 Å². The van der Waals surface area contributed by atoms with Crippen LogP contribution in [0.1, 0.15) is 18.0 Å². The van der Waals surface area contributed by atoms with Gasteiger partial charge in [-0.3, -0.25) is 0 Å². The maximum absolute atomic E-state index is 5.81. The molecule has 1 aliphatic rings. The third-order valence-electron chi connectivity index (χ3n) is 3.35. The molecule has 2 rings (SSSR count). The lowest BCUT2D eigenvalue weighted by Gasteiger charge is -2.31. The first-order chi connectivity index (χ1) is 8.66. The molecule has 0 spiro atoms. The molecule has 0 aromatic heterocycles. The fraction of sp³-hybridized carbons (Fsp3) is 0.571. The maximum atomic E-state index is 5.81. The zero-order chi connectivity index (χ0) is 13.0. The molecule has 1 aromatic rings. The number of hydrogen-bond donors (Lipinski definition) is 1. The van der Waals surface area contributed by atoms with E-state index < -0.39 is 0 Å². The van der Waals surface area contributed by atoms with Gasteiger partial charge in [-0.1, -0.05) is 28.1 Å². The van der Waals surface area contributed by atoms with Crippen molar-refractivity contribution in [3.8, 4) is 0 Å². The zero-order valence-corrected chi connectivity index (χ0v) is 12.6. The molecule has 1 N–H and O–H groups in total. The summed E-state index contributed by atoms with van der Waals surface area (Å²) in [5, 5.41) is 3.39. The van der Waals surface area contributed by atoms with Crippen LogP contribution in [0.5, 0.6) is 0 Å². The Hall–Kier alpha value is -0.420. The molecule has 0 amide bonds. The second kappa shape index (κ2) is 6.66. The lowest BCUT2D eigenvalue weighted by atomic mass is 9.99. The van der Waals surface area contributed by atoms with E-state index in [1.54, 1.807) is 0 Å². The van der Waals surface area contributed by atoms with E-state index in [0.29, 0.717) is 12.1 Å². The van der Waals surface area contributed by atoms with Crippen LogP contribution in [0, 0.1) is 0 Å². The number of rotatable bonds is 4. The first-order valence-corrected chi connectivity index (χ1v) is 7.20. The SMILES string of the molecule is CN(C)C(CC1CNCCO1)c1cccc(Br)c1. The molecule has 100 valence electrons.